The Labute approximate surface area is 242 Å². The Bertz CT molecular complexity index is 1830. The standard InChI is InChI=1S/C30H28N7O4P/c1-41-30(40)20-10-13-26(31-16-20)36-14-6-9-22(29(36)39)34-25-15-24(42(2)18-19-7-4-3-5-8-19)27-32-17-23(37(27)35-25)28(38)33-21-11-12-21/h3-10,13-17,21H,11-12,18H2,1-2H3,(H,33,38)(H,34,35). The van der Waals surface area contributed by atoms with Crippen LogP contribution in [0.2, 0.25) is 0 Å². The maximum atomic E-state index is 13.5. The van der Waals surface area contributed by atoms with Crippen LogP contribution in [0.5, 0.6) is 0 Å². The highest BCUT2D eigenvalue weighted by atomic mass is 31.1. The van der Waals surface area contributed by atoms with E-state index in [-0.39, 0.29) is 28.8 Å². The van der Waals surface area contributed by atoms with Crippen LogP contribution in [-0.2, 0) is 10.9 Å². The number of fused-ring (bicyclic) bond motifs is 1. The number of ether oxygens (including phenoxy) is 1. The van der Waals surface area contributed by atoms with E-state index in [1.165, 1.54) is 23.4 Å². The SMILES string of the molecule is COC(=O)c1ccc(-n2cccc(Nc3cc(P(C)Cc4ccccc4)c4ncc(C(=O)NC5CC5)n4n3)c2=O)nc1. The third-order valence-corrected chi connectivity index (χ3v) is 8.88. The lowest BCUT2D eigenvalue weighted by atomic mass is 10.2. The van der Waals surface area contributed by atoms with Crippen molar-refractivity contribution in [1.82, 2.24) is 29.5 Å². The number of benzene rings is 1. The van der Waals surface area contributed by atoms with Gasteiger partial charge in [-0.3, -0.25) is 14.2 Å². The third-order valence-electron chi connectivity index (χ3n) is 6.89. The van der Waals surface area contributed by atoms with Gasteiger partial charge in [0.15, 0.2) is 17.2 Å². The molecule has 0 bridgehead atoms. The first kappa shape index (κ1) is 27.3. The molecule has 1 aliphatic carbocycles. The molecule has 0 radical (unpaired) electrons. The molecule has 42 heavy (non-hydrogen) atoms. The van der Waals surface area contributed by atoms with E-state index in [1.807, 2.05) is 24.3 Å². The molecular formula is C30H28N7O4P. The van der Waals surface area contributed by atoms with E-state index < -0.39 is 13.9 Å². The molecule has 1 aromatic carbocycles. The highest BCUT2D eigenvalue weighted by Gasteiger charge is 2.26. The van der Waals surface area contributed by atoms with E-state index in [0.717, 1.165) is 24.3 Å². The summed E-state index contributed by atoms with van der Waals surface area (Å²) in [6, 6.07) is 18.8. The molecule has 0 saturated heterocycles. The summed E-state index contributed by atoms with van der Waals surface area (Å²) >= 11 is 0. The number of pyridine rings is 2. The van der Waals surface area contributed by atoms with Gasteiger partial charge in [0.2, 0.25) is 0 Å². The number of aromatic nitrogens is 5. The topological polar surface area (TPSA) is 133 Å². The van der Waals surface area contributed by atoms with E-state index in [1.54, 1.807) is 41.2 Å². The number of hydrogen-bond acceptors (Lipinski definition) is 8. The monoisotopic (exact) mass is 581 g/mol. The minimum Gasteiger partial charge on any atom is -0.465 e. The highest BCUT2D eigenvalue weighted by Crippen LogP contribution is 2.36. The van der Waals surface area contributed by atoms with Gasteiger partial charge in [0.25, 0.3) is 11.5 Å². The number of carbonyl (C=O) groups excluding carboxylic acids is 2. The Balaban J connectivity index is 1.37. The van der Waals surface area contributed by atoms with Crippen molar-refractivity contribution in [2.45, 2.75) is 25.0 Å². The Morgan fingerprint density at radius 3 is 2.57 bits per heavy atom. The maximum Gasteiger partial charge on any atom is 0.339 e. The summed E-state index contributed by atoms with van der Waals surface area (Å²) < 4.78 is 7.66. The summed E-state index contributed by atoms with van der Waals surface area (Å²) in [5.41, 5.74) is 2.34. The predicted molar refractivity (Wildman–Crippen MR) is 161 cm³/mol. The van der Waals surface area contributed by atoms with Crippen LogP contribution in [0.3, 0.4) is 0 Å². The average molecular weight is 582 g/mol. The lowest BCUT2D eigenvalue weighted by Gasteiger charge is -2.16. The van der Waals surface area contributed by atoms with Crippen molar-refractivity contribution in [3.63, 3.8) is 0 Å². The third kappa shape index (κ3) is 5.64. The second kappa shape index (κ2) is 11.5. The molecule has 5 aromatic rings. The van der Waals surface area contributed by atoms with Gasteiger partial charge in [0.1, 0.15) is 11.5 Å². The van der Waals surface area contributed by atoms with Crippen molar-refractivity contribution >= 4 is 42.3 Å². The van der Waals surface area contributed by atoms with E-state index in [2.05, 4.69) is 39.4 Å². The van der Waals surface area contributed by atoms with Gasteiger partial charge >= 0.3 is 5.97 Å². The first-order chi connectivity index (χ1) is 20.4. The number of carbonyl (C=O) groups is 2. The van der Waals surface area contributed by atoms with Gasteiger partial charge in [0.05, 0.1) is 18.9 Å². The van der Waals surface area contributed by atoms with E-state index in [4.69, 9.17) is 9.84 Å². The van der Waals surface area contributed by atoms with Gasteiger partial charge in [-0.15, -0.1) is 5.10 Å². The number of nitrogens with one attached hydrogen (secondary N) is 2. The lowest BCUT2D eigenvalue weighted by molar-refractivity contribution is 0.0600. The fourth-order valence-electron chi connectivity index (χ4n) is 4.55. The van der Waals surface area contributed by atoms with Crippen LogP contribution in [0, 0.1) is 0 Å². The highest BCUT2D eigenvalue weighted by molar-refractivity contribution is 7.64. The molecule has 0 aliphatic heterocycles. The van der Waals surface area contributed by atoms with Crippen molar-refractivity contribution in [1.29, 1.82) is 0 Å². The number of esters is 1. The van der Waals surface area contributed by atoms with Crippen LogP contribution >= 0.6 is 7.92 Å². The van der Waals surface area contributed by atoms with Gasteiger partial charge in [-0.2, -0.15) is 0 Å². The number of anilines is 2. The molecule has 2 N–H and O–H groups in total. The van der Waals surface area contributed by atoms with Crippen molar-refractivity contribution in [3.8, 4) is 5.82 Å². The lowest BCUT2D eigenvalue weighted by Crippen LogP contribution is -2.27. The van der Waals surface area contributed by atoms with E-state index in [0.29, 0.717) is 23.0 Å². The van der Waals surface area contributed by atoms with E-state index in [9.17, 15) is 14.4 Å². The fourth-order valence-corrected chi connectivity index (χ4v) is 6.32. The summed E-state index contributed by atoms with van der Waals surface area (Å²) in [6.45, 7) is 2.17. The zero-order valence-corrected chi connectivity index (χ0v) is 23.9. The molecule has 212 valence electrons. The molecule has 1 unspecified atom stereocenters. The Hall–Kier alpha value is -4.89. The summed E-state index contributed by atoms with van der Waals surface area (Å²) in [5.74, 6) is 0.00534. The molecule has 1 atom stereocenters. The second-order valence-corrected chi connectivity index (χ2v) is 12.2. The summed E-state index contributed by atoms with van der Waals surface area (Å²) in [4.78, 5) is 47.2. The molecule has 4 heterocycles. The molecule has 1 amide bonds. The molecule has 11 nitrogen and oxygen atoms in total. The van der Waals surface area contributed by atoms with Gasteiger partial charge < -0.3 is 15.4 Å². The molecule has 1 saturated carbocycles. The summed E-state index contributed by atoms with van der Waals surface area (Å²) in [6.07, 6.45) is 7.25. The number of nitrogens with zero attached hydrogens (tertiary/aromatic N) is 5. The van der Waals surface area contributed by atoms with Crippen LogP contribution in [0.4, 0.5) is 11.5 Å². The number of amides is 1. The van der Waals surface area contributed by atoms with Crippen molar-refractivity contribution in [2.75, 3.05) is 19.1 Å². The second-order valence-electron chi connectivity index (χ2n) is 10.0. The van der Waals surface area contributed by atoms with Gasteiger partial charge in [-0.25, -0.2) is 19.3 Å². The maximum absolute atomic E-state index is 13.5. The van der Waals surface area contributed by atoms with Crippen LogP contribution in [0.25, 0.3) is 11.5 Å². The molecule has 1 fully saturated rings. The first-order valence-electron chi connectivity index (χ1n) is 13.4. The van der Waals surface area contributed by atoms with Crippen LogP contribution in [0.15, 0.2) is 84.0 Å². The van der Waals surface area contributed by atoms with Crippen molar-refractivity contribution < 1.29 is 14.3 Å². The first-order valence-corrected chi connectivity index (χ1v) is 15.4. The molecule has 4 aromatic heterocycles. The quantitative estimate of drug-likeness (QED) is 0.199. The van der Waals surface area contributed by atoms with Gasteiger partial charge in [0, 0.05) is 23.7 Å². The fraction of sp³-hybridized carbons (Fsp3) is 0.200. The normalized spacial score (nSPS) is 13.5. The molecule has 12 heteroatoms. The Kier molecular flexibility index (Phi) is 7.50. The van der Waals surface area contributed by atoms with Crippen LogP contribution in [0.1, 0.15) is 39.3 Å². The molecular weight excluding hydrogens is 553 g/mol. The van der Waals surface area contributed by atoms with E-state index >= 15 is 0 Å². The van der Waals surface area contributed by atoms with Crippen molar-refractivity contribution in [2.24, 2.45) is 0 Å². The van der Waals surface area contributed by atoms with Crippen LogP contribution in [-0.4, -0.2) is 55.8 Å². The zero-order chi connectivity index (χ0) is 29.2. The molecule has 1 aliphatic rings. The average Bonchev–Trinajstić information content (AvgIpc) is 3.72. The Morgan fingerprint density at radius 2 is 1.86 bits per heavy atom. The minimum atomic E-state index is -0.739. The minimum absolute atomic E-state index is 0.184. The van der Waals surface area contributed by atoms with Gasteiger partial charge in [-0.1, -0.05) is 38.3 Å². The van der Waals surface area contributed by atoms with Crippen molar-refractivity contribution in [3.05, 3.63) is 106 Å². The molecule has 6 rings (SSSR count). The zero-order valence-electron chi connectivity index (χ0n) is 23.0. The number of rotatable bonds is 9. The smallest absolute Gasteiger partial charge is 0.339 e. The number of imidazole rings is 1. The largest absolute Gasteiger partial charge is 0.465 e. The number of hydrogen-bond donors (Lipinski definition) is 2. The Morgan fingerprint density at radius 1 is 1.05 bits per heavy atom. The predicted octanol–water partition coefficient (Wildman–Crippen LogP) is 3.63. The van der Waals surface area contributed by atoms with Gasteiger partial charge in [-0.05, 0) is 61.6 Å². The van der Waals surface area contributed by atoms with Crippen LogP contribution < -0.4 is 21.5 Å². The summed E-state index contributed by atoms with van der Waals surface area (Å²) in [5, 5.41) is 11.8. The molecule has 0 spiro atoms. The number of methoxy groups -OCH3 is 1. The summed E-state index contributed by atoms with van der Waals surface area (Å²) in [7, 11) is 0.555.